The third-order valence-corrected chi connectivity index (χ3v) is 3.70. The van der Waals surface area contributed by atoms with Crippen LogP contribution in [0.1, 0.15) is 32.6 Å². The van der Waals surface area contributed by atoms with Gasteiger partial charge in [0.2, 0.25) is 11.8 Å². The summed E-state index contributed by atoms with van der Waals surface area (Å²) in [6.07, 6.45) is 6.69. The van der Waals surface area contributed by atoms with Crippen LogP contribution in [0, 0.1) is 0 Å². The van der Waals surface area contributed by atoms with Gasteiger partial charge in [-0.1, -0.05) is 6.92 Å². The van der Waals surface area contributed by atoms with Crippen molar-refractivity contribution < 1.29 is 4.74 Å². The standard InChI is InChI=1S/C14H22N4O/c1-2-9-19-13-5-7-15-14(17-13)16-11-6-8-18(10-11)12-3-4-12/h5,7,11-12H,2-4,6,8-10H2,1H3,(H,15,16,17). The van der Waals surface area contributed by atoms with Gasteiger partial charge < -0.3 is 10.1 Å². The Bertz CT molecular complexity index is 422. The highest BCUT2D eigenvalue weighted by Gasteiger charge is 2.34. The van der Waals surface area contributed by atoms with E-state index in [-0.39, 0.29) is 0 Å². The van der Waals surface area contributed by atoms with Crippen molar-refractivity contribution in [1.82, 2.24) is 14.9 Å². The number of nitrogens with one attached hydrogen (secondary N) is 1. The molecule has 3 rings (SSSR count). The zero-order valence-electron chi connectivity index (χ0n) is 11.5. The van der Waals surface area contributed by atoms with E-state index in [4.69, 9.17) is 4.74 Å². The third-order valence-electron chi connectivity index (χ3n) is 3.70. The minimum atomic E-state index is 0.474. The number of hydrogen-bond donors (Lipinski definition) is 1. The first kappa shape index (κ1) is 12.7. The van der Waals surface area contributed by atoms with Crippen molar-refractivity contribution in [1.29, 1.82) is 0 Å². The number of anilines is 1. The number of aromatic nitrogens is 2. The van der Waals surface area contributed by atoms with Crippen LogP contribution in [0.5, 0.6) is 5.88 Å². The van der Waals surface area contributed by atoms with E-state index < -0.39 is 0 Å². The summed E-state index contributed by atoms with van der Waals surface area (Å²) in [5.74, 6) is 1.35. The summed E-state index contributed by atoms with van der Waals surface area (Å²) in [5.41, 5.74) is 0. The second-order valence-corrected chi connectivity index (χ2v) is 5.42. The Labute approximate surface area is 114 Å². The molecule has 5 nitrogen and oxygen atoms in total. The molecule has 1 aliphatic heterocycles. The first-order valence-corrected chi connectivity index (χ1v) is 7.31. The summed E-state index contributed by atoms with van der Waals surface area (Å²) in [4.78, 5) is 11.3. The van der Waals surface area contributed by atoms with Crippen LogP contribution in [0.15, 0.2) is 12.3 Å². The fraction of sp³-hybridized carbons (Fsp3) is 0.714. The fourth-order valence-electron chi connectivity index (χ4n) is 2.56. The van der Waals surface area contributed by atoms with E-state index in [9.17, 15) is 0 Å². The van der Waals surface area contributed by atoms with Gasteiger partial charge in [0, 0.05) is 37.4 Å². The van der Waals surface area contributed by atoms with Gasteiger partial charge in [-0.05, 0) is 25.7 Å². The monoisotopic (exact) mass is 262 g/mol. The quantitative estimate of drug-likeness (QED) is 0.848. The highest BCUT2D eigenvalue weighted by molar-refractivity contribution is 5.29. The van der Waals surface area contributed by atoms with Gasteiger partial charge in [0.1, 0.15) is 0 Å². The molecule has 1 saturated carbocycles. The topological polar surface area (TPSA) is 50.3 Å². The van der Waals surface area contributed by atoms with E-state index in [1.807, 2.05) is 6.07 Å². The molecule has 1 unspecified atom stereocenters. The molecular weight excluding hydrogens is 240 g/mol. The fourth-order valence-corrected chi connectivity index (χ4v) is 2.56. The maximum atomic E-state index is 5.53. The maximum Gasteiger partial charge on any atom is 0.226 e. The zero-order valence-corrected chi connectivity index (χ0v) is 11.5. The molecule has 19 heavy (non-hydrogen) atoms. The first-order chi connectivity index (χ1) is 9.35. The first-order valence-electron chi connectivity index (χ1n) is 7.31. The number of nitrogens with zero attached hydrogens (tertiary/aromatic N) is 3. The number of ether oxygens (including phenoxy) is 1. The van der Waals surface area contributed by atoms with E-state index in [0.717, 1.165) is 19.0 Å². The summed E-state index contributed by atoms with van der Waals surface area (Å²) in [7, 11) is 0. The summed E-state index contributed by atoms with van der Waals surface area (Å²) in [6, 6.07) is 3.14. The Morgan fingerprint density at radius 1 is 1.42 bits per heavy atom. The van der Waals surface area contributed by atoms with Crippen molar-refractivity contribution in [3.63, 3.8) is 0 Å². The predicted octanol–water partition coefficient (Wildman–Crippen LogP) is 1.91. The van der Waals surface area contributed by atoms with Gasteiger partial charge in [-0.3, -0.25) is 4.90 Å². The van der Waals surface area contributed by atoms with E-state index in [1.165, 1.54) is 25.8 Å². The summed E-state index contributed by atoms with van der Waals surface area (Å²) in [5, 5.41) is 3.43. The van der Waals surface area contributed by atoms with Gasteiger partial charge in [0.15, 0.2) is 0 Å². The highest BCUT2D eigenvalue weighted by atomic mass is 16.5. The van der Waals surface area contributed by atoms with Crippen molar-refractivity contribution >= 4 is 5.95 Å². The molecule has 5 heteroatoms. The molecule has 2 heterocycles. The minimum Gasteiger partial charge on any atom is -0.478 e. The largest absolute Gasteiger partial charge is 0.478 e. The molecule has 0 amide bonds. The van der Waals surface area contributed by atoms with Crippen LogP contribution in [-0.2, 0) is 0 Å². The van der Waals surface area contributed by atoms with Crippen LogP contribution in [0.2, 0.25) is 0 Å². The smallest absolute Gasteiger partial charge is 0.226 e. The van der Waals surface area contributed by atoms with Crippen LogP contribution in [-0.4, -0.2) is 46.6 Å². The molecule has 104 valence electrons. The van der Waals surface area contributed by atoms with Gasteiger partial charge in [-0.15, -0.1) is 0 Å². The van der Waals surface area contributed by atoms with E-state index in [2.05, 4.69) is 27.1 Å². The van der Waals surface area contributed by atoms with E-state index >= 15 is 0 Å². The third kappa shape index (κ3) is 3.35. The molecule has 2 aliphatic rings. The van der Waals surface area contributed by atoms with Gasteiger partial charge in [0.05, 0.1) is 6.61 Å². The lowest BCUT2D eigenvalue weighted by Gasteiger charge is -2.15. The molecular formula is C14H22N4O. The second-order valence-electron chi connectivity index (χ2n) is 5.42. The molecule has 1 saturated heterocycles. The van der Waals surface area contributed by atoms with Gasteiger partial charge >= 0.3 is 0 Å². The summed E-state index contributed by atoms with van der Waals surface area (Å²) in [6.45, 7) is 5.11. The van der Waals surface area contributed by atoms with Crippen LogP contribution < -0.4 is 10.1 Å². The molecule has 0 aromatic carbocycles. The Hall–Kier alpha value is -1.36. The Balaban J connectivity index is 1.54. The van der Waals surface area contributed by atoms with Crippen molar-refractivity contribution in [3.8, 4) is 5.88 Å². The Morgan fingerprint density at radius 3 is 3.11 bits per heavy atom. The van der Waals surface area contributed by atoms with Crippen molar-refractivity contribution in [2.75, 3.05) is 25.0 Å². The Morgan fingerprint density at radius 2 is 2.32 bits per heavy atom. The van der Waals surface area contributed by atoms with E-state index in [1.54, 1.807) is 6.20 Å². The molecule has 2 fully saturated rings. The van der Waals surface area contributed by atoms with Crippen molar-refractivity contribution in [3.05, 3.63) is 12.3 Å². The average Bonchev–Trinajstić information content (AvgIpc) is 3.18. The maximum absolute atomic E-state index is 5.53. The summed E-state index contributed by atoms with van der Waals surface area (Å²) >= 11 is 0. The van der Waals surface area contributed by atoms with E-state index in [0.29, 0.717) is 24.5 Å². The SMILES string of the molecule is CCCOc1ccnc(NC2CCN(C3CC3)C2)n1. The molecule has 0 spiro atoms. The molecule has 1 aromatic rings. The normalized spacial score (nSPS) is 23.5. The minimum absolute atomic E-state index is 0.474. The zero-order chi connectivity index (χ0) is 13.1. The van der Waals surface area contributed by atoms with Crippen molar-refractivity contribution in [2.24, 2.45) is 0 Å². The Kier molecular flexibility index (Phi) is 3.82. The number of rotatable bonds is 6. The molecule has 1 atom stereocenters. The van der Waals surface area contributed by atoms with Gasteiger partial charge in [-0.2, -0.15) is 4.98 Å². The van der Waals surface area contributed by atoms with Gasteiger partial charge in [0.25, 0.3) is 0 Å². The lowest BCUT2D eigenvalue weighted by molar-refractivity contribution is 0.305. The molecule has 1 aromatic heterocycles. The van der Waals surface area contributed by atoms with Crippen LogP contribution in [0.25, 0.3) is 0 Å². The lowest BCUT2D eigenvalue weighted by atomic mass is 10.3. The molecule has 1 aliphatic carbocycles. The number of likely N-dealkylation sites (tertiary alicyclic amines) is 1. The van der Waals surface area contributed by atoms with Crippen LogP contribution in [0.3, 0.4) is 0 Å². The summed E-state index contributed by atoms with van der Waals surface area (Å²) < 4.78 is 5.53. The highest BCUT2D eigenvalue weighted by Crippen LogP contribution is 2.30. The predicted molar refractivity (Wildman–Crippen MR) is 74.4 cm³/mol. The number of hydrogen-bond acceptors (Lipinski definition) is 5. The molecule has 1 N–H and O–H groups in total. The van der Waals surface area contributed by atoms with Crippen LogP contribution >= 0.6 is 0 Å². The average molecular weight is 262 g/mol. The molecule has 0 bridgehead atoms. The second kappa shape index (κ2) is 5.74. The van der Waals surface area contributed by atoms with Crippen molar-refractivity contribution in [2.45, 2.75) is 44.7 Å². The molecule has 0 radical (unpaired) electrons. The van der Waals surface area contributed by atoms with Crippen LogP contribution in [0.4, 0.5) is 5.95 Å². The lowest BCUT2D eigenvalue weighted by Crippen LogP contribution is -2.28. The van der Waals surface area contributed by atoms with Gasteiger partial charge in [-0.25, -0.2) is 4.98 Å².